The molecule has 2 rings (SSSR count). The molecule has 22 heavy (non-hydrogen) atoms. The lowest BCUT2D eigenvalue weighted by atomic mass is 10.2. The Morgan fingerprint density at radius 3 is 2.36 bits per heavy atom. The molecular formula is C16H16BrNO4. The number of hydrogen-bond acceptors (Lipinski definition) is 4. The van der Waals surface area contributed by atoms with Gasteiger partial charge < -0.3 is 19.9 Å². The molecule has 0 unspecified atom stereocenters. The van der Waals surface area contributed by atoms with E-state index in [2.05, 4.69) is 15.9 Å². The van der Waals surface area contributed by atoms with Gasteiger partial charge in [-0.2, -0.15) is 0 Å². The van der Waals surface area contributed by atoms with Gasteiger partial charge in [-0.3, -0.25) is 4.79 Å². The highest BCUT2D eigenvalue weighted by Gasteiger charge is 2.12. The van der Waals surface area contributed by atoms with Gasteiger partial charge in [-0.25, -0.2) is 0 Å². The lowest BCUT2D eigenvalue weighted by Crippen LogP contribution is -2.13. The Bertz CT molecular complexity index is 688. The van der Waals surface area contributed by atoms with Gasteiger partial charge in [0.2, 0.25) is 0 Å². The number of amides is 1. The molecule has 116 valence electrons. The molecule has 0 aliphatic rings. The third-order valence-corrected chi connectivity index (χ3v) is 3.83. The van der Waals surface area contributed by atoms with Crippen molar-refractivity contribution in [3.05, 3.63) is 52.0 Å². The summed E-state index contributed by atoms with van der Waals surface area (Å²) in [4.78, 5) is 11.4. The highest BCUT2D eigenvalue weighted by molar-refractivity contribution is 9.10. The molecular weight excluding hydrogens is 350 g/mol. The van der Waals surface area contributed by atoms with E-state index in [0.717, 1.165) is 10.0 Å². The van der Waals surface area contributed by atoms with E-state index < -0.39 is 5.91 Å². The second-order valence-corrected chi connectivity index (χ2v) is 5.30. The fourth-order valence-electron chi connectivity index (χ4n) is 1.96. The predicted molar refractivity (Wildman–Crippen MR) is 86.5 cm³/mol. The normalized spacial score (nSPS) is 10.1. The van der Waals surface area contributed by atoms with Crippen LogP contribution in [0, 0.1) is 0 Å². The van der Waals surface area contributed by atoms with Crippen molar-refractivity contribution < 1.29 is 19.0 Å². The highest BCUT2D eigenvalue weighted by atomic mass is 79.9. The Kier molecular flexibility index (Phi) is 5.27. The smallest absolute Gasteiger partial charge is 0.252 e. The number of ether oxygens (including phenoxy) is 3. The summed E-state index contributed by atoms with van der Waals surface area (Å²) in [6.07, 6.45) is 0. The molecule has 0 radical (unpaired) electrons. The van der Waals surface area contributed by atoms with Gasteiger partial charge in [-0.05, 0) is 24.3 Å². The fourth-order valence-corrected chi connectivity index (χ4v) is 2.40. The molecule has 6 heteroatoms. The van der Waals surface area contributed by atoms with Gasteiger partial charge in [0.15, 0.2) is 11.5 Å². The summed E-state index contributed by atoms with van der Waals surface area (Å²) in [5.41, 5.74) is 6.54. The minimum Gasteiger partial charge on any atom is -0.493 e. The second-order valence-electron chi connectivity index (χ2n) is 4.45. The van der Waals surface area contributed by atoms with E-state index in [-0.39, 0.29) is 6.61 Å². The first kappa shape index (κ1) is 16.2. The van der Waals surface area contributed by atoms with E-state index >= 15 is 0 Å². The summed E-state index contributed by atoms with van der Waals surface area (Å²) in [6, 6.07) is 10.5. The summed E-state index contributed by atoms with van der Waals surface area (Å²) < 4.78 is 17.0. The number of carbonyl (C=O) groups excluding carboxylic acids is 1. The zero-order chi connectivity index (χ0) is 16.1. The number of halogens is 1. The van der Waals surface area contributed by atoms with Gasteiger partial charge in [0.25, 0.3) is 5.91 Å². The monoisotopic (exact) mass is 365 g/mol. The van der Waals surface area contributed by atoms with Crippen LogP contribution < -0.4 is 19.9 Å². The second kappa shape index (κ2) is 7.17. The predicted octanol–water partition coefficient (Wildman–Crippen LogP) is 3.14. The number of hydrogen-bond donors (Lipinski definition) is 1. The van der Waals surface area contributed by atoms with Crippen molar-refractivity contribution in [3.63, 3.8) is 0 Å². The molecule has 2 aromatic rings. The van der Waals surface area contributed by atoms with Gasteiger partial charge in [-0.15, -0.1) is 0 Å². The Morgan fingerprint density at radius 1 is 1.09 bits per heavy atom. The topological polar surface area (TPSA) is 70.8 Å². The zero-order valence-electron chi connectivity index (χ0n) is 12.3. The van der Waals surface area contributed by atoms with E-state index in [4.69, 9.17) is 19.9 Å². The summed E-state index contributed by atoms with van der Waals surface area (Å²) >= 11 is 3.47. The van der Waals surface area contributed by atoms with Crippen LogP contribution in [0.5, 0.6) is 17.2 Å². The molecule has 0 spiro atoms. The summed E-state index contributed by atoms with van der Waals surface area (Å²) in [5.74, 6) is 1.14. The average Bonchev–Trinajstić information content (AvgIpc) is 2.53. The van der Waals surface area contributed by atoms with E-state index in [1.807, 2.05) is 6.07 Å². The lowest BCUT2D eigenvalue weighted by Gasteiger charge is -2.13. The number of methoxy groups -OCH3 is 2. The first-order valence-electron chi connectivity index (χ1n) is 6.48. The van der Waals surface area contributed by atoms with Crippen molar-refractivity contribution in [1.29, 1.82) is 0 Å². The average molecular weight is 366 g/mol. The molecule has 2 aromatic carbocycles. The standard InChI is InChI=1S/C16H16BrNO4/c1-20-14-7-10(12(17)8-15(14)21-2)9-22-13-6-4-3-5-11(13)16(18)19/h3-8H,9H2,1-2H3,(H2,18,19). The number of rotatable bonds is 6. The van der Waals surface area contributed by atoms with E-state index in [1.165, 1.54) is 0 Å². The third kappa shape index (κ3) is 3.51. The zero-order valence-corrected chi connectivity index (χ0v) is 13.8. The van der Waals surface area contributed by atoms with Gasteiger partial charge in [0.05, 0.1) is 19.8 Å². The van der Waals surface area contributed by atoms with Crippen molar-refractivity contribution in [2.75, 3.05) is 14.2 Å². The van der Waals surface area contributed by atoms with Crippen LogP contribution in [0.3, 0.4) is 0 Å². The maximum atomic E-state index is 11.4. The Hall–Kier alpha value is -2.21. The van der Waals surface area contributed by atoms with Crippen LogP contribution in [0.15, 0.2) is 40.9 Å². The molecule has 0 fully saturated rings. The summed E-state index contributed by atoms with van der Waals surface area (Å²) in [6.45, 7) is 0.255. The van der Waals surface area contributed by atoms with Crippen LogP contribution in [0.2, 0.25) is 0 Å². The van der Waals surface area contributed by atoms with Crippen molar-refractivity contribution in [3.8, 4) is 17.2 Å². The van der Waals surface area contributed by atoms with Crippen LogP contribution in [-0.4, -0.2) is 20.1 Å². The minimum atomic E-state index is -0.526. The van der Waals surface area contributed by atoms with Crippen molar-refractivity contribution in [2.45, 2.75) is 6.61 Å². The number of carbonyl (C=O) groups is 1. The van der Waals surface area contributed by atoms with E-state index in [0.29, 0.717) is 22.8 Å². The third-order valence-electron chi connectivity index (χ3n) is 3.09. The van der Waals surface area contributed by atoms with Crippen molar-refractivity contribution in [2.24, 2.45) is 5.73 Å². The van der Waals surface area contributed by atoms with Gasteiger partial charge in [0, 0.05) is 10.0 Å². The largest absolute Gasteiger partial charge is 0.493 e. The molecule has 0 aromatic heterocycles. The van der Waals surface area contributed by atoms with Crippen LogP contribution in [0.1, 0.15) is 15.9 Å². The van der Waals surface area contributed by atoms with Crippen molar-refractivity contribution >= 4 is 21.8 Å². The molecule has 1 amide bonds. The van der Waals surface area contributed by atoms with Crippen LogP contribution in [-0.2, 0) is 6.61 Å². The maximum Gasteiger partial charge on any atom is 0.252 e. The van der Waals surface area contributed by atoms with Crippen molar-refractivity contribution in [1.82, 2.24) is 0 Å². The van der Waals surface area contributed by atoms with Gasteiger partial charge >= 0.3 is 0 Å². The molecule has 0 saturated carbocycles. The van der Waals surface area contributed by atoms with Crippen LogP contribution in [0.4, 0.5) is 0 Å². The van der Waals surface area contributed by atoms with E-state index in [1.54, 1.807) is 44.6 Å². The summed E-state index contributed by atoms with van der Waals surface area (Å²) in [7, 11) is 3.14. The number of para-hydroxylation sites is 1. The molecule has 0 aliphatic heterocycles. The Morgan fingerprint density at radius 2 is 1.73 bits per heavy atom. The minimum absolute atomic E-state index is 0.255. The maximum absolute atomic E-state index is 11.4. The Labute approximate surface area is 137 Å². The quantitative estimate of drug-likeness (QED) is 0.853. The van der Waals surface area contributed by atoms with Crippen LogP contribution in [0.25, 0.3) is 0 Å². The lowest BCUT2D eigenvalue weighted by molar-refractivity contribution is 0.0996. The first-order chi connectivity index (χ1) is 10.6. The number of primary amides is 1. The summed E-state index contributed by atoms with van der Waals surface area (Å²) in [5, 5.41) is 0. The molecule has 0 saturated heterocycles. The van der Waals surface area contributed by atoms with Crippen LogP contribution >= 0.6 is 15.9 Å². The molecule has 2 N–H and O–H groups in total. The van der Waals surface area contributed by atoms with Gasteiger partial charge in [-0.1, -0.05) is 28.1 Å². The fraction of sp³-hybridized carbons (Fsp3) is 0.188. The number of nitrogens with two attached hydrogens (primary N) is 1. The molecule has 0 atom stereocenters. The molecule has 0 aliphatic carbocycles. The van der Waals surface area contributed by atoms with E-state index in [9.17, 15) is 4.79 Å². The number of benzene rings is 2. The first-order valence-corrected chi connectivity index (χ1v) is 7.28. The SMILES string of the molecule is COc1cc(Br)c(COc2ccccc2C(N)=O)cc1OC. The Balaban J connectivity index is 2.24. The molecule has 5 nitrogen and oxygen atoms in total. The molecule has 0 heterocycles. The highest BCUT2D eigenvalue weighted by Crippen LogP contribution is 2.34. The van der Waals surface area contributed by atoms with Gasteiger partial charge in [0.1, 0.15) is 12.4 Å². The molecule has 0 bridgehead atoms.